The lowest BCUT2D eigenvalue weighted by molar-refractivity contribution is -0.0445. The molecular formula is C13H22N2O. The molecule has 2 rings (SSSR count). The molecule has 16 heavy (non-hydrogen) atoms. The van der Waals surface area contributed by atoms with Crippen LogP contribution in [0.15, 0.2) is 0 Å². The Morgan fingerprint density at radius 1 is 1.38 bits per heavy atom. The van der Waals surface area contributed by atoms with Crippen LogP contribution in [0.1, 0.15) is 39.0 Å². The molecule has 0 amide bonds. The lowest BCUT2D eigenvalue weighted by atomic mass is 9.83. The van der Waals surface area contributed by atoms with Crippen LogP contribution in [-0.2, 0) is 4.74 Å². The van der Waals surface area contributed by atoms with Crippen LogP contribution in [0.25, 0.3) is 0 Å². The normalized spacial score (nSPS) is 36.9. The molecule has 1 saturated heterocycles. The van der Waals surface area contributed by atoms with Gasteiger partial charge in [0, 0.05) is 18.6 Å². The molecule has 3 unspecified atom stereocenters. The Labute approximate surface area is 98.4 Å². The lowest BCUT2D eigenvalue weighted by Gasteiger charge is -2.44. The van der Waals surface area contributed by atoms with Gasteiger partial charge < -0.3 is 4.74 Å². The fourth-order valence-corrected chi connectivity index (χ4v) is 3.12. The van der Waals surface area contributed by atoms with Crippen LogP contribution in [0.5, 0.6) is 0 Å². The number of morpholine rings is 1. The number of rotatable bonds is 2. The summed E-state index contributed by atoms with van der Waals surface area (Å²) in [6.45, 7) is 4.92. The van der Waals surface area contributed by atoms with E-state index in [9.17, 15) is 5.26 Å². The van der Waals surface area contributed by atoms with Gasteiger partial charge in [-0.2, -0.15) is 5.26 Å². The minimum Gasteiger partial charge on any atom is -0.378 e. The molecule has 1 aliphatic carbocycles. The summed E-state index contributed by atoms with van der Waals surface area (Å²) < 4.78 is 5.54. The van der Waals surface area contributed by atoms with Crippen molar-refractivity contribution in [1.82, 2.24) is 4.90 Å². The van der Waals surface area contributed by atoms with E-state index in [-0.39, 0.29) is 5.92 Å². The van der Waals surface area contributed by atoms with E-state index in [1.807, 2.05) is 0 Å². The van der Waals surface area contributed by atoms with Gasteiger partial charge in [-0.1, -0.05) is 19.8 Å². The summed E-state index contributed by atoms with van der Waals surface area (Å²) in [5.74, 6) is 0.251. The minimum absolute atomic E-state index is 0.251. The molecule has 3 heteroatoms. The number of hydrogen-bond acceptors (Lipinski definition) is 3. The van der Waals surface area contributed by atoms with E-state index >= 15 is 0 Å². The second-order valence-corrected chi connectivity index (χ2v) is 4.96. The molecule has 0 N–H and O–H groups in total. The van der Waals surface area contributed by atoms with Gasteiger partial charge in [-0.15, -0.1) is 0 Å². The van der Waals surface area contributed by atoms with Crippen LogP contribution in [-0.4, -0.2) is 36.7 Å². The highest BCUT2D eigenvalue weighted by Crippen LogP contribution is 2.30. The van der Waals surface area contributed by atoms with E-state index in [1.165, 1.54) is 19.3 Å². The Morgan fingerprint density at radius 3 is 2.94 bits per heavy atom. The minimum atomic E-state index is 0.251. The van der Waals surface area contributed by atoms with Crippen LogP contribution in [0.4, 0.5) is 0 Å². The molecule has 3 atom stereocenters. The van der Waals surface area contributed by atoms with Crippen LogP contribution in [0.3, 0.4) is 0 Å². The fourth-order valence-electron chi connectivity index (χ4n) is 3.12. The van der Waals surface area contributed by atoms with Gasteiger partial charge in [-0.05, 0) is 19.3 Å². The second kappa shape index (κ2) is 5.65. The van der Waals surface area contributed by atoms with Gasteiger partial charge in [0.1, 0.15) is 0 Å². The summed E-state index contributed by atoms with van der Waals surface area (Å²) in [6.07, 6.45) is 5.95. The Balaban J connectivity index is 2.05. The van der Waals surface area contributed by atoms with Gasteiger partial charge in [0.2, 0.25) is 0 Å². The summed E-state index contributed by atoms with van der Waals surface area (Å²) in [7, 11) is 0. The van der Waals surface area contributed by atoms with E-state index < -0.39 is 0 Å². The molecule has 0 radical (unpaired) electrons. The molecule has 3 nitrogen and oxygen atoms in total. The highest BCUT2D eigenvalue weighted by Gasteiger charge is 2.34. The molecule has 1 aliphatic heterocycles. The van der Waals surface area contributed by atoms with E-state index in [4.69, 9.17) is 4.74 Å². The monoisotopic (exact) mass is 222 g/mol. The van der Waals surface area contributed by atoms with Gasteiger partial charge in [0.25, 0.3) is 0 Å². The molecule has 0 spiro atoms. The third-order valence-electron chi connectivity index (χ3n) is 4.07. The van der Waals surface area contributed by atoms with Gasteiger partial charge >= 0.3 is 0 Å². The quantitative estimate of drug-likeness (QED) is 0.718. The standard InChI is InChI=1S/C13H22N2O/c1-2-12-10-16-8-7-15(12)13-6-4-3-5-11(13)9-14/h11-13H,2-8,10H2,1H3. The van der Waals surface area contributed by atoms with Crippen molar-refractivity contribution < 1.29 is 4.74 Å². The maximum Gasteiger partial charge on any atom is 0.0672 e. The second-order valence-electron chi connectivity index (χ2n) is 4.96. The zero-order chi connectivity index (χ0) is 11.4. The number of ether oxygens (including phenoxy) is 1. The van der Waals surface area contributed by atoms with Crippen LogP contribution in [0, 0.1) is 17.2 Å². The zero-order valence-corrected chi connectivity index (χ0v) is 10.2. The largest absolute Gasteiger partial charge is 0.378 e. The van der Waals surface area contributed by atoms with Gasteiger partial charge in [0.15, 0.2) is 0 Å². The predicted octanol–water partition coefficient (Wildman–Crippen LogP) is 2.18. The van der Waals surface area contributed by atoms with Gasteiger partial charge in [-0.3, -0.25) is 4.90 Å². The first-order valence-corrected chi connectivity index (χ1v) is 6.60. The lowest BCUT2D eigenvalue weighted by Crippen LogP contribution is -2.53. The molecule has 90 valence electrons. The molecule has 2 aliphatic rings. The average Bonchev–Trinajstić information content (AvgIpc) is 2.38. The van der Waals surface area contributed by atoms with Gasteiger partial charge in [-0.25, -0.2) is 0 Å². The highest BCUT2D eigenvalue weighted by atomic mass is 16.5. The first-order valence-electron chi connectivity index (χ1n) is 6.60. The third-order valence-corrected chi connectivity index (χ3v) is 4.07. The van der Waals surface area contributed by atoms with Crippen molar-refractivity contribution >= 4 is 0 Å². The summed E-state index contributed by atoms with van der Waals surface area (Å²) >= 11 is 0. The summed E-state index contributed by atoms with van der Waals surface area (Å²) in [5, 5.41) is 9.24. The van der Waals surface area contributed by atoms with E-state index in [1.54, 1.807) is 0 Å². The molecule has 1 heterocycles. The van der Waals surface area contributed by atoms with Crippen molar-refractivity contribution in [3.63, 3.8) is 0 Å². The molecule has 1 saturated carbocycles. The molecular weight excluding hydrogens is 200 g/mol. The summed E-state index contributed by atoms with van der Waals surface area (Å²) in [4.78, 5) is 2.55. The molecule has 0 aromatic rings. The SMILES string of the molecule is CCC1COCCN1C1CCCCC1C#N. The van der Waals surface area contributed by atoms with Crippen molar-refractivity contribution in [3.8, 4) is 6.07 Å². The van der Waals surface area contributed by atoms with Crippen molar-refractivity contribution in [3.05, 3.63) is 0 Å². The van der Waals surface area contributed by atoms with Gasteiger partial charge in [0.05, 0.1) is 25.2 Å². The maximum absolute atomic E-state index is 9.24. The van der Waals surface area contributed by atoms with E-state index in [0.717, 1.165) is 32.6 Å². The zero-order valence-electron chi connectivity index (χ0n) is 10.2. The molecule has 0 aromatic carbocycles. The first-order chi connectivity index (χ1) is 7.86. The topological polar surface area (TPSA) is 36.3 Å². The fraction of sp³-hybridized carbons (Fsp3) is 0.923. The van der Waals surface area contributed by atoms with Crippen molar-refractivity contribution in [2.75, 3.05) is 19.8 Å². The Bertz CT molecular complexity index is 261. The average molecular weight is 222 g/mol. The Morgan fingerprint density at radius 2 is 2.19 bits per heavy atom. The Hall–Kier alpha value is -0.590. The maximum atomic E-state index is 9.24. The van der Waals surface area contributed by atoms with Crippen LogP contribution in [0.2, 0.25) is 0 Å². The Kier molecular flexibility index (Phi) is 4.20. The first kappa shape index (κ1) is 11.9. The highest BCUT2D eigenvalue weighted by molar-refractivity contribution is 4.97. The molecule has 0 bridgehead atoms. The van der Waals surface area contributed by atoms with Crippen molar-refractivity contribution in [1.29, 1.82) is 5.26 Å². The van der Waals surface area contributed by atoms with E-state index in [0.29, 0.717) is 12.1 Å². The smallest absolute Gasteiger partial charge is 0.0672 e. The summed E-state index contributed by atoms with van der Waals surface area (Å²) in [5.41, 5.74) is 0. The number of hydrogen-bond donors (Lipinski definition) is 0. The third kappa shape index (κ3) is 2.39. The van der Waals surface area contributed by atoms with Crippen LogP contribution >= 0.6 is 0 Å². The molecule has 2 fully saturated rings. The van der Waals surface area contributed by atoms with Crippen molar-refractivity contribution in [2.45, 2.75) is 51.1 Å². The number of nitriles is 1. The van der Waals surface area contributed by atoms with E-state index in [2.05, 4.69) is 17.9 Å². The van der Waals surface area contributed by atoms with Crippen LogP contribution < -0.4 is 0 Å². The number of nitrogens with zero attached hydrogens (tertiary/aromatic N) is 2. The summed E-state index contributed by atoms with van der Waals surface area (Å²) in [6, 6.07) is 3.54. The van der Waals surface area contributed by atoms with Crippen molar-refractivity contribution in [2.24, 2.45) is 5.92 Å². The predicted molar refractivity (Wildman–Crippen MR) is 63.0 cm³/mol. The molecule has 0 aromatic heterocycles.